The highest BCUT2D eigenvalue weighted by atomic mass is 16.2. The van der Waals surface area contributed by atoms with E-state index in [1.165, 1.54) is 23.9 Å². The fourth-order valence-electron chi connectivity index (χ4n) is 3.79. The van der Waals surface area contributed by atoms with Gasteiger partial charge in [-0.25, -0.2) is 4.68 Å². The average Bonchev–Trinajstić information content (AvgIpc) is 3.28. The van der Waals surface area contributed by atoms with Crippen LogP contribution in [0.1, 0.15) is 40.7 Å². The molecule has 0 saturated carbocycles. The summed E-state index contributed by atoms with van der Waals surface area (Å²) < 4.78 is 1.56. The van der Waals surface area contributed by atoms with E-state index in [0.717, 1.165) is 38.0 Å². The number of aryl methyl sites for hydroxylation is 2. The largest absolute Gasteiger partial charge is 0.339 e. The van der Waals surface area contributed by atoms with Crippen LogP contribution in [0.15, 0.2) is 54.9 Å². The molecule has 6 nitrogen and oxygen atoms in total. The number of nitrogens with zero attached hydrogens (tertiary/aromatic N) is 5. The van der Waals surface area contributed by atoms with Gasteiger partial charge in [-0.05, 0) is 72.7 Å². The van der Waals surface area contributed by atoms with Gasteiger partial charge in [-0.2, -0.15) is 0 Å². The molecule has 0 spiro atoms. The van der Waals surface area contributed by atoms with Crippen LogP contribution in [-0.2, 0) is 6.42 Å². The van der Waals surface area contributed by atoms with Crippen LogP contribution in [0.3, 0.4) is 0 Å². The number of hydrogen-bond acceptors (Lipinski definition) is 4. The van der Waals surface area contributed by atoms with Crippen molar-refractivity contribution in [2.24, 2.45) is 5.92 Å². The summed E-state index contributed by atoms with van der Waals surface area (Å²) in [5, 5.41) is 11.2. The van der Waals surface area contributed by atoms with Crippen molar-refractivity contribution < 1.29 is 4.79 Å². The Morgan fingerprint density at radius 2 is 1.89 bits per heavy atom. The smallest absolute Gasteiger partial charge is 0.253 e. The van der Waals surface area contributed by atoms with Crippen LogP contribution < -0.4 is 0 Å². The molecule has 1 aromatic heterocycles. The normalized spacial score (nSPS) is 15.0. The van der Waals surface area contributed by atoms with Crippen molar-refractivity contribution in [2.45, 2.75) is 32.6 Å². The Kier molecular flexibility index (Phi) is 5.46. The molecule has 4 rings (SSSR count). The van der Waals surface area contributed by atoms with Gasteiger partial charge in [0, 0.05) is 18.7 Å². The van der Waals surface area contributed by atoms with Crippen molar-refractivity contribution in [3.8, 4) is 5.69 Å². The summed E-state index contributed by atoms with van der Waals surface area (Å²) in [6, 6.07) is 16.3. The van der Waals surface area contributed by atoms with Gasteiger partial charge >= 0.3 is 0 Å². The first kappa shape index (κ1) is 18.3. The summed E-state index contributed by atoms with van der Waals surface area (Å²) in [6.07, 6.45) is 5.99. The van der Waals surface area contributed by atoms with Crippen molar-refractivity contribution in [3.05, 3.63) is 71.5 Å². The highest BCUT2D eigenvalue weighted by molar-refractivity contribution is 5.94. The number of benzene rings is 2. The summed E-state index contributed by atoms with van der Waals surface area (Å²) in [6.45, 7) is 3.77. The van der Waals surface area contributed by atoms with Gasteiger partial charge in [0.2, 0.25) is 0 Å². The second-order valence-electron chi connectivity index (χ2n) is 7.56. The van der Waals surface area contributed by atoms with Gasteiger partial charge in [0.05, 0.1) is 5.69 Å². The van der Waals surface area contributed by atoms with E-state index in [1.54, 1.807) is 4.68 Å². The molecule has 0 N–H and O–H groups in total. The van der Waals surface area contributed by atoms with E-state index in [1.807, 2.05) is 29.2 Å². The number of likely N-dealkylation sites (tertiary alicyclic amines) is 1. The van der Waals surface area contributed by atoms with Crippen molar-refractivity contribution >= 4 is 5.91 Å². The maximum atomic E-state index is 12.9. The number of carbonyl (C=O) groups is 1. The molecular formula is C22H25N5O. The minimum atomic E-state index is 0.0897. The Labute approximate surface area is 165 Å². The Balaban J connectivity index is 1.31. The molecule has 0 radical (unpaired) electrons. The third-order valence-corrected chi connectivity index (χ3v) is 5.57. The lowest BCUT2D eigenvalue weighted by Gasteiger charge is -2.32. The van der Waals surface area contributed by atoms with E-state index in [2.05, 4.69) is 46.7 Å². The zero-order valence-electron chi connectivity index (χ0n) is 16.2. The molecule has 0 unspecified atom stereocenters. The molecule has 0 atom stereocenters. The zero-order valence-corrected chi connectivity index (χ0v) is 16.2. The Bertz CT molecular complexity index is 912. The molecule has 1 aliphatic rings. The Morgan fingerprint density at radius 1 is 1.11 bits per heavy atom. The van der Waals surface area contributed by atoms with Crippen LogP contribution in [0, 0.1) is 12.8 Å². The van der Waals surface area contributed by atoms with Gasteiger partial charge in [-0.1, -0.05) is 35.9 Å². The second kappa shape index (κ2) is 8.33. The number of hydrogen-bond donors (Lipinski definition) is 0. The number of amides is 1. The first-order valence-electron chi connectivity index (χ1n) is 9.87. The number of carbonyl (C=O) groups excluding carboxylic acids is 1. The first-order valence-corrected chi connectivity index (χ1v) is 9.87. The van der Waals surface area contributed by atoms with E-state index < -0.39 is 0 Å². The van der Waals surface area contributed by atoms with Gasteiger partial charge in [0.1, 0.15) is 6.33 Å². The van der Waals surface area contributed by atoms with E-state index in [0.29, 0.717) is 11.5 Å². The molecule has 0 bridgehead atoms. The van der Waals surface area contributed by atoms with Crippen LogP contribution in [-0.4, -0.2) is 44.1 Å². The molecule has 2 heterocycles. The minimum Gasteiger partial charge on any atom is -0.339 e. The third-order valence-electron chi connectivity index (χ3n) is 5.57. The summed E-state index contributed by atoms with van der Waals surface area (Å²) in [4.78, 5) is 14.9. The van der Waals surface area contributed by atoms with Gasteiger partial charge in [0.15, 0.2) is 0 Å². The number of piperidine rings is 1. The molecular weight excluding hydrogens is 350 g/mol. The topological polar surface area (TPSA) is 63.9 Å². The standard InChI is InChI=1S/C22H25N5O/c1-17-5-7-18(8-6-17)9-10-19-11-13-26(14-12-19)22(28)20-3-2-4-21(15-20)27-16-23-24-25-27/h2-8,15-16,19H,9-14H2,1H3. The zero-order chi connectivity index (χ0) is 19.3. The summed E-state index contributed by atoms with van der Waals surface area (Å²) >= 11 is 0. The lowest BCUT2D eigenvalue weighted by Crippen LogP contribution is -2.38. The van der Waals surface area contributed by atoms with E-state index in [-0.39, 0.29) is 5.91 Å². The lowest BCUT2D eigenvalue weighted by molar-refractivity contribution is 0.0687. The molecule has 0 aliphatic carbocycles. The maximum Gasteiger partial charge on any atom is 0.253 e. The maximum absolute atomic E-state index is 12.9. The Morgan fingerprint density at radius 3 is 2.61 bits per heavy atom. The summed E-state index contributed by atoms with van der Waals surface area (Å²) in [5.74, 6) is 0.782. The predicted octanol–water partition coefficient (Wildman–Crippen LogP) is 3.46. The van der Waals surface area contributed by atoms with Crippen LogP contribution in [0.5, 0.6) is 0 Å². The first-order chi connectivity index (χ1) is 13.7. The van der Waals surface area contributed by atoms with Crippen LogP contribution >= 0.6 is 0 Å². The van der Waals surface area contributed by atoms with E-state index in [4.69, 9.17) is 0 Å². The van der Waals surface area contributed by atoms with Gasteiger partial charge in [-0.3, -0.25) is 4.79 Å². The van der Waals surface area contributed by atoms with Gasteiger partial charge < -0.3 is 4.90 Å². The van der Waals surface area contributed by atoms with E-state index in [9.17, 15) is 4.79 Å². The monoisotopic (exact) mass is 375 g/mol. The summed E-state index contributed by atoms with van der Waals surface area (Å²) in [7, 11) is 0. The molecule has 3 aromatic rings. The highest BCUT2D eigenvalue weighted by Crippen LogP contribution is 2.24. The lowest BCUT2D eigenvalue weighted by atomic mass is 9.90. The van der Waals surface area contributed by atoms with Gasteiger partial charge in [-0.15, -0.1) is 5.10 Å². The molecule has 1 fully saturated rings. The Hall–Kier alpha value is -3.02. The highest BCUT2D eigenvalue weighted by Gasteiger charge is 2.23. The fourth-order valence-corrected chi connectivity index (χ4v) is 3.79. The van der Waals surface area contributed by atoms with Crippen molar-refractivity contribution in [1.82, 2.24) is 25.1 Å². The number of tetrazole rings is 1. The second-order valence-corrected chi connectivity index (χ2v) is 7.56. The average molecular weight is 375 g/mol. The van der Waals surface area contributed by atoms with Crippen LogP contribution in [0.4, 0.5) is 0 Å². The van der Waals surface area contributed by atoms with Crippen molar-refractivity contribution in [1.29, 1.82) is 0 Å². The fraction of sp³-hybridized carbons (Fsp3) is 0.364. The number of rotatable bonds is 5. The number of aromatic nitrogens is 4. The minimum absolute atomic E-state index is 0.0897. The third kappa shape index (κ3) is 4.27. The summed E-state index contributed by atoms with van der Waals surface area (Å²) in [5.41, 5.74) is 4.19. The molecule has 2 aromatic carbocycles. The molecule has 6 heteroatoms. The quantitative estimate of drug-likeness (QED) is 0.685. The van der Waals surface area contributed by atoms with Crippen LogP contribution in [0.25, 0.3) is 5.69 Å². The molecule has 1 amide bonds. The van der Waals surface area contributed by atoms with Gasteiger partial charge in [0.25, 0.3) is 5.91 Å². The molecule has 1 saturated heterocycles. The van der Waals surface area contributed by atoms with E-state index >= 15 is 0 Å². The SMILES string of the molecule is Cc1ccc(CCC2CCN(C(=O)c3cccc(-n4cnnn4)c3)CC2)cc1. The molecule has 28 heavy (non-hydrogen) atoms. The predicted molar refractivity (Wildman–Crippen MR) is 107 cm³/mol. The molecule has 144 valence electrons. The molecule has 1 aliphatic heterocycles. The van der Waals surface area contributed by atoms with Crippen molar-refractivity contribution in [2.75, 3.05) is 13.1 Å². The van der Waals surface area contributed by atoms with Crippen LogP contribution in [0.2, 0.25) is 0 Å². The van der Waals surface area contributed by atoms with Crippen molar-refractivity contribution in [3.63, 3.8) is 0 Å².